The average molecular weight is 488 g/mol. The van der Waals surface area contributed by atoms with E-state index in [9.17, 15) is 14.2 Å². The lowest BCUT2D eigenvalue weighted by molar-refractivity contribution is -0.155. The predicted octanol–water partition coefficient (Wildman–Crippen LogP) is 4.84. The van der Waals surface area contributed by atoms with E-state index in [1.807, 2.05) is 0 Å². The summed E-state index contributed by atoms with van der Waals surface area (Å²) in [7, 11) is -3.58. The smallest absolute Gasteiger partial charge is 0.362 e. The number of halogens is 1. The molecule has 0 aliphatic rings. The van der Waals surface area contributed by atoms with Crippen LogP contribution in [0, 0.1) is 0 Å². The molecule has 0 saturated heterocycles. The summed E-state index contributed by atoms with van der Waals surface area (Å²) in [6, 6.07) is 3.35. The molecule has 160 valence electrons. The van der Waals surface area contributed by atoms with E-state index in [0.717, 1.165) is 0 Å². The van der Waals surface area contributed by atoms with Gasteiger partial charge in [0.15, 0.2) is 5.78 Å². The maximum Gasteiger partial charge on any atom is 0.362 e. The monoisotopic (exact) mass is 487 g/mol. The Morgan fingerprint density at radius 2 is 1.72 bits per heavy atom. The third kappa shape index (κ3) is 5.57. The van der Waals surface area contributed by atoms with Crippen molar-refractivity contribution in [2.24, 2.45) is 0 Å². The standard InChI is InChI=1S/C20H27BrNO6P/c1-7-26-29(25,27-8-2)18-10-17-14(9-16(18)21)15(13(3)23)11-22(17)12-19(24)28-20(4,5)6/h9-11H,7-8,12H2,1-6H3. The number of hydrogen-bond donors (Lipinski definition) is 0. The number of ketones is 1. The number of carbonyl (C=O) groups excluding carboxylic acids is 2. The Morgan fingerprint density at radius 1 is 1.14 bits per heavy atom. The molecule has 9 heteroatoms. The van der Waals surface area contributed by atoms with Gasteiger partial charge in [0.2, 0.25) is 0 Å². The Bertz CT molecular complexity index is 965. The molecule has 2 aromatic rings. The lowest BCUT2D eigenvalue weighted by atomic mass is 10.1. The van der Waals surface area contributed by atoms with Gasteiger partial charge in [0.05, 0.1) is 24.0 Å². The fourth-order valence-corrected chi connectivity index (χ4v) is 5.58. The summed E-state index contributed by atoms with van der Waals surface area (Å²) in [6.45, 7) is 10.6. The van der Waals surface area contributed by atoms with Gasteiger partial charge in [-0.05, 0) is 69.6 Å². The van der Waals surface area contributed by atoms with Gasteiger partial charge in [-0.25, -0.2) is 0 Å². The molecule has 0 spiro atoms. The van der Waals surface area contributed by atoms with Crippen LogP contribution in [0.3, 0.4) is 0 Å². The van der Waals surface area contributed by atoms with E-state index < -0.39 is 19.2 Å². The molecule has 7 nitrogen and oxygen atoms in total. The van der Waals surface area contributed by atoms with Crippen LogP contribution in [0.4, 0.5) is 0 Å². The quantitative estimate of drug-likeness (QED) is 0.301. The second-order valence-corrected chi connectivity index (χ2v) is 10.3. The average Bonchev–Trinajstić information content (AvgIpc) is 2.90. The van der Waals surface area contributed by atoms with Gasteiger partial charge >= 0.3 is 13.6 Å². The van der Waals surface area contributed by atoms with Crippen molar-refractivity contribution in [1.82, 2.24) is 4.57 Å². The predicted molar refractivity (Wildman–Crippen MR) is 116 cm³/mol. The Hall–Kier alpha value is -1.47. The van der Waals surface area contributed by atoms with Crippen molar-refractivity contribution < 1.29 is 27.9 Å². The molecule has 0 unspecified atom stereocenters. The zero-order chi connectivity index (χ0) is 22.0. The summed E-state index contributed by atoms with van der Waals surface area (Å²) in [5.41, 5.74) is 0.398. The Kier molecular flexibility index (Phi) is 7.49. The van der Waals surface area contributed by atoms with Gasteiger partial charge < -0.3 is 18.4 Å². The van der Waals surface area contributed by atoms with Crippen LogP contribution in [0.15, 0.2) is 22.8 Å². The van der Waals surface area contributed by atoms with Gasteiger partial charge in [0.25, 0.3) is 0 Å². The van der Waals surface area contributed by atoms with Crippen LogP contribution in [0.5, 0.6) is 0 Å². The Labute approximate surface area is 179 Å². The number of hydrogen-bond acceptors (Lipinski definition) is 6. The van der Waals surface area contributed by atoms with Crippen molar-refractivity contribution in [1.29, 1.82) is 0 Å². The van der Waals surface area contributed by atoms with Crippen molar-refractivity contribution in [2.75, 3.05) is 13.2 Å². The highest BCUT2D eigenvalue weighted by Gasteiger charge is 2.31. The van der Waals surface area contributed by atoms with E-state index in [1.54, 1.807) is 57.5 Å². The lowest BCUT2D eigenvalue weighted by Crippen LogP contribution is -2.26. The number of ether oxygens (including phenoxy) is 1. The fourth-order valence-electron chi connectivity index (χ4n) is 2.95. The van der Waals surface area contributed by atoms with Crippen LogP contribution in [0.2, 0.25) is 0 Å². The summed E-state index contributed by atoms with van der Waals surface area (Å²) >= 11 is 3.43. The summed E-state index contributed by atoms with van der Waals surface area (Å²) in [5.74, 6) is -0.581. The molecule has 2 rings (SSSR count). The Balaban J connectivity index is 2.65. The van der Waals surface area contributed by atoms with Crippen molar-refractivity contribution >= 4 is 51.5 Å². The van der Waals surface area contributed by atoms with E-state index in [1.165, 1.54) is 6.92 Å². The van der Waals surface area contributed by atoms with Crippen LogP contribution < -0.4 is 5.30 Å². The molecule has 29 heavy (non-hydrogen) atoms. The SMILES string of the molecule is CCOP(=O)(OCC)c1cc2c(cc1Br)c(C(C)=O)cn2CC(=O)OC(C)(C)C. The molecule has 0 fully saturated rings. The van der Waals surface area contributed by atoms with E-state index in [4.69, 9.17) is 13.8 Å². The van der Waals surface area contributed by atoms with Gasteiger partial charge in [0.1, 0.15) is 12.1 Å². The molecular formula is C20H27BrNO6P. The van der Waals surface area contributed by atoms with Gasteiger partial charge in [-0.3, -0.25) is 14.2 Å². The van der Waals surface area contributed by atoms with Crippen molar-refractivity contribution in [3.8, 4) is 0 Å². The summed E-state index contributed by atoms with van der Waals surface area (Å²) in [6.07, 6.45) is 1.61. The van der Waals surface area contributed by atoms with Crippen LogP contribution in [-0.4, -0.2) is 35.1 Å². The molecule has 0 aliphatic heterocycles. The largest absolute Gasteiger partial charge is 0.459 e. The van der Waals surface area contributed by atoms with Crippen molar-refractivity contribution in [2.45, 2.75) is 53.7 Å². The highest BCUT2D eigenvalue weighted by atomic mass is 79.9. The molecule has 1 aromatic carbocycles. The van der Waals surface area contributed by atoms with Gasteiger partial charge in [-0.1, -0.05) is 0 Å². The molecular weight excluding hydrogens is 461 g/mol. The molecule has 0 saturated carbocycles. The summed E-state index contributed by atoms with van der Waals surface area (Å²) < 4.78 is 31.8. The number of nitrogens with zero attached hydrogens (tertiary/aromatic N) is 1. The summed E-state index contributed by atoms with van der Waals surface area (Å²) in [4.78, 5) is 24.5. The number of benzene rings is 1. The third-order valence-electron chi connectivity index (χ3n) is 3.94. The third-order valence-corrected chi connectivity index (χ3v) is 7.06. The van der Waals surface area contributed by atoms with Crippen LogP contribution in [0.1, 0.15) is 51.9 Å². The molecule has 1 aromatic heterocycles. The molecule has 0 N–H and O–H groups in total. The first-order valence-electron chi connectivity index (χ1n) is 9.36. The van der Waals surface area contributed by atoms with E-state index in [-0.39, 0.29) is 25.5 Å². The van der Waals surface area contributed by atoms with Crippen LogP contribution in [-0.2, 0) is 29.7 Å². The number of rotatable bonds is 8. The number of Topliss-reactive ketones (excluding diaryl/α,β-unsaturated/α-hetero) is 1. The van der Waals surface area contributed by atoms with E-state index in [2.05, 4.69) is 15.9 Å². The first kappa shape index (κ1) is 23.8. The maximum absolute atomic E-state index is 13.3. The van der Waals surface area contributed by atoms with Crippen LogP contribution >= 0.6 is 23.5 Å². The van der Waals surface area contributed by atoms with Crippen molar-refractivity contribution in [3.63, 3.8) is 0 Å². The number of esters is 1. The highest BCUT2D eigenvalue weighted by Crippen LogP contribution is 2.49. The number of aromatic nitrogens is 1. The zero-order valence-corrected chi connectivity index (χ0v) is 20.1. The zero-order valence-electron chi connectivity index (χ0n) is 17.6. The number of carbonyl (C=O) groups is 2. The minimum absolute atomic E-state index is 0.0876. The second kappa shape index (κ2) is 9.13. The first-order chi connectivity index (χ1) is 13.4. The van der Waals surface area contributed by atoms with Gasteiger partial charge in [-0.15, -0.1) is 0 Å². The first-order valence-corrected chi connectivity index (χ1v) is 11.7. The fraction of sp³-hybridized carbons (Fsp3) is 0.500. The molecule has 0 aliphatic carbocycles. The molecule has 1 heterocycles. The highest BCUT2D eigenvalue weighted by molar-refractivity contribution is 9.10. The number of fused-ring (bicyclic) bond motifs is 1. The Morgan fingerprint density at radius 3 is 2.21 bits per heavy atom. The summed E-state index contributed by atoms with van der Waals surface area (Å²) in [5, 5.41) is 0.976. The topological polar surface area (TPSA) is 83.8 Å². The molecule has 0 amide bonds. The van der Waals surface area contributed by atoms with Gasteiger partial charge in [-0.2, -0.15) is 0 Å². The second-order valence-electron chi connectivity index (χ2n) is 7.47. The normalized spacial score (nSPS) is 12.4. The van der Waals surface area contributed by atoms with Crippen LogP contribution in [0.25, 0.3) is 10.9 Å². The molecule has 0 atom stereocenters. The van der Waals surface area contributed by atoms with Gasteiger partial charge in [0, 0.05) is 21.6 Å². The van der Waals surface area contributed by atoms with E-state index in [0.29, 0.717) is 26.2 Å². The molecule has 0 radical (unpaired) electrons. The molecule has 0 bridgehead atoms. The minimum atomic E-state index is -3.58. The van der Waals surface area contributed by atoms with E-state index >= 15 is 0 Å². The maximum atomic E-state index is 13.3. The lowest BCUT2D eigenvalue weighted by Gasteiger charge is -2.20. The minimum Gasteiger partial charge on any atom is -0.459 e. The van der Waals surface area contributed by atoms with Crippen molar-refractivity contribution in [3.05, 3.63) is 28.4 Å².